The fourth-order valence-corrected chi connectivity index (χ4v) is 3.83. The molecule has 1 atom stereocenters. The fraction of sp³-hybridized carbons (Fsp3) is 0.172. The molecule has 4 aromatic rings. The maximum absolute atomic E-state index is 13.4. The molecule has 8 heteroatoms. The number of aliphatic hydroxyl groups excluding tert-OH is 1. The van der Waals surface area contributed by atoms with Gasteiger partial charge >= 0.3 is 0 Å². The van der Waals surface area contributed by atoms with Gasteiger partial charge in [0.05, 0.1) is 23.9 Å². The lowest BCUT2D eigenvalue weighted by Crippen LogP contribution is -2.32. The van der Waals surface area contributed by atoms with Gasteiger partial charge in [-0.3, -0.25) is 9.59 Å². The highest BCUT2D eigenvalue weighted by molar-refractivity contribution is 6.04. The SMILES string of the molecule is CN(CC(O)c1cccc(NC(=O)c2ccccc2)c1)C(=O)c1cnc(N(C)C)nc1-c1ccccc1. The zero-order chi connectivity index (χ0) is 26.4. The summed E-state index contributed by atoms with van der Waals surface area (Å²) in [6.45, 7) is 0.0403. The van der Waals surface area contributed by atoms with Crippen molar-refractivity contribution in [2.75, 3.05) is 37.9 Å². The molecule has 8 nitrogen and oxygen atoms in total. The van der Waals surface area contributed by atoms with Gasteiger partial charge < -0.3 is 20.2 Å². The van der Waals surface area contributed by atoms with Crippen LogP contribution in [0.2, 0.25) is 0 Å². The molecule has 3 aromatic carbocycles. The van der Waals surface area contributed by atoms with Gasteiger partial charge in [-0.15, -0.1) is 0 Å². The predicted octanol–water partition coefficient (Wildman–Crippen LogP) is 4.27. The van der Waals surface area contributed by atoms with Crippen LogP contribution in [0.3, 0.4) is 0 Å². The second-order valence-electron chi connectivity index (χ2n) is 8.84. The highest BCUT2D eigenvalue weighted by Crippen LogP contribution is 2.25. The Morgan fingerprint density at radius 2 is 1.59 bits per heavy atom. The maximum Gasteiger partial charge on any atom is 0.257 e. The summed E-state index contributed by atoms with van der Waals surface area (Å²) >= 11 is 0. The van der Waals surface area contributed by atoms with E-state index >= 15 is 0 Å². The number of nitrogens with zero attached hydrogens (tertiary/aromatic N) is 4. The molecule has 188 valence electrons. The number of carbonyl (C=O) groups is 2. The number of nitrogens with one attached hydrogen (secondary N) is 1. The van der Waals surface area contributed by atoms with E-state index in [4.69, 9.17) is 0 Å². The van der Waals surface area contributed by atoms with Crippen molar-refractivity contribution < 1.29 is 14.7 Å². The Morgan fingerprint density at radius 1 is 0.919 bits per heavy atom. The number of hydrogen-bond donors (Lipinski definition) is 2. The number of carbonyl (C=O) groups excluding carboxylic acids is 2. The van der Waals surface area contributed by atoms with Crippen LogP contribution < -0.4 is 10.2 Å². The molecule has 0 aliphatic carbocycles. The number of hydrogen-bond acceptors (Lipinski definition) is 6. The molecule has 37 heavy (non-hydrogen) atoms. The van der Waals surface area contributed by atoms with Crippen LogP contribution in [0.15, 0.2) is 91.1 Å². The molecule has 0 aliphatic heterocycles. The predicted molar refractivity (Wildman–Crippen MR) is 145 cm³/mol. The van der Waals surface area contributed by atoms with E-state index in [0.717, 1.165) is 5.56 Å². The lowest BCUT2D eigenvalue weighted by molar-refractivity contribution is 0.0681. The molecule has 0 aliphatic rings. The van der Waals surface area contributed by atoms with Crippen LogP contribution in [-0.2, 0) is 0 Å². The Balaban J connectivity index is 1.51. The van der Waals surface area contributed by atoms with Gasteiger partial charge in [0.1, 0.15) is 0 Å². The lowest BCUT2D eigenvalue weighted by Gasteiger charge is -2.23. The molecule has 0 radical (unpaired) electrons. The standard InChI is InChI=1S/C29H29N5O3/c1-33(2)29-30-18-24(26(32-29)20-11-6-4-7-12-20)28(37)34(3)19-25(35)22-15-10-16-23(17-22)31-27(36)21-13-8-5-9-14-21/h4-18,25,35H,19H2,1-3H3,(H,31,36). The van der Waals surface area contributed by atoms with Crippen molar-refractivity contribution in [1.82, 2.24) is 14.9 Å². The Labute approximate surface area is 216 Å². The van der Waals surface area contributed by atoms with Crippen LogP contribution in [0, 0.1) is 0 Å². The zero-order valence-electron chi connectivity index (χ0n) is 21.0. The largest absolute Gasteiger partial charge is 0.387 e. The molecular formula is C29H29N5O3. The number of aromatic nitrogens is 2. The second kappa shape index (κ2) is 11.5. The number of likely N-dealkylation sites (N-methyl/N-ethyl adjacent to an activating group) is 1. The molecular weight excluding hydrogens is 466 g/mol. The van der Waals surface area contributed by atoms with Crippen molar-refractivity contribution in [2.45, 2.75) is 6.10 Å². The quantitative estimate of drug-likeness (QED) is 0.379. The molecule has 1 aromatic heterocycles. The fourth-order valence-electron chi connectivity index (χ4n) is 3.83. The number of amides is 2. The molecule has 0 fully saturated rings. The highest BCUT2D eigenvalue weighted by Gasteiger charge is 2.22. The molecule has 2 amide bonds. The maximum atomic E-state index is 13.4. The van der Waals surface area contributed by atoms with Gasteiger partial charge in [0.2, 0.25) is 5.95 Å². The van der Waals surface area contributed by atoms with Crippen LogP contribution in [-0.4, -0.2) is 59.5 Å². The summed E-state index contributed by atoms with van der Waals surface area (Å²) in [5, 5.41) is 13.8. The average molecular weight is 496 g/mol. The van der Waals surface area contributed by atoms with Gasteiger partial charge in [-0.2, -0.15) is 0 Å². The van der Waals surface area contributed by atoms with Crippen molar-refractivity contribution >= 4 is 23.5 Å². The van der Waals surface area contributed by atoms with E-state index in [1.54, 1.807) is 60.5 Å². The molecule has 4 rings (SSSR count). The first kappa shape index (κ1) is 25.5. The summed E-state index contributed by atoms with van der Waals surface area (Å²) in [4.78, 5) is 38.1. The number of anilines is 2. The average Bonchev–Trinajstić information content (AvgIpc) is 2.93. The third-order valence-corrected chi connectivity index (χ3v) is 5.81. The molecule has 0 spiro atoms. The van der Waals surface area contributed by atoms with Crippen LogP contribution >= 0.6 is 0 Å². The van der Waals surface area contributed by atoms with Gasteiger partial charge in [0.25, 0.3) is 11.8 Å². The van der Waals surface area contributed by atoms with Gasteiger partial charge in [-0.25, -0.2) is 9.97 Å². The van der Waals surface area contributed by atoms with E-state index in [9.17, 15) is 14.7 Å². The summed E-state index contributed by atoms with van der Waals surface area (Å²) in [7, 11) is 5.30. The Morgan fingerprint density at radius 3 is 2.27 bits per heavy atom. The first-order valence-corrected chi connectivity index (χ1v) is 11.8. The van der Waals surface area contributed by atoms with Gasteiger partial charge in [-0.05, 0) is 29.8 Å². The lowest BCUT2D eigenvalue weighted by atomic mass is 10.1. The minimum atomic E-state index is -0.968. The summed E-state index contributed by atoms with van der Waals surface area (Å²) in [6, 6.07) is 25.3. The topological polar surface area (TPSA) is 98.7 Å². The van der Waals surface area contributed by atoms with E-state index < -0.39 is 6.10 Å². The first-order valence-electron chi connectivity index (χ1n) is 11.8. The zero-order valence-corrected chi connectivity index (χ0v) is 21.0. The first-order chi connectivity index (χ1) is 17.8. The van der Waals surface area contributed by atoms with Crippen molar-refractivity contribution in [1.29, 1.82) is 0 Å². The van der Waals surface area contributed by atoms with Crippen LogP contribution in [0.1, 0.15) is 32.4 Å². The summed E-state index contributed by atoms with van der Waals surface area (Å²) in [5.74, 6) is -0.0571. The highest BCUT2D eigenvalue weighted by atomic mass is 16.3. The number of benzene rings is 3. The molecule has 0 saturated carbocycles. The summed E-state index contributed by atoms with van der Waals surface area (Å²) < 4.78 is 0. The van der Waals surface area contributed by atoms with Crippen LogP contribution in [0.25, 0.3) is 11.3 Å². The van der Waals surface area contributed by atoms with Crippen molar-refractivity contribution in [3.05, 3.63) is 108 Å². The van der Waals surface area contributed by atoms with Crippen LogP contribution in [0.4, 0.5) is 11.6 Å². The van der Waals surface area contributed by atoms with Gasteiger partial charge in [0.15, 0.2) is 0 Å². The third-order valence-electron chi connectivity index (χ3n) is 5.81. The van der Waals surface area contributed by atoms with Crippen LogP contribution in [0.5, 0.6) is 0 Å². The van der Waals surface area contributed by atoms with Gasteiger partial charge in [-0.1, -0.05) is 60.7 Å². The number of rotatable bonds is 8. The van der Waals surface area contributed by atoms with E-state index in [-0.39, 0.29) is 18.4 Å². The molecule has 2 N–H and O–H groups in total. The smallest absolute Gasteiger partial charge is 0.257 e. The summed E-state index contributed by atoms with van der Waals surface area (Å²) in [6.07, 6.45) is 0.556. The van der Waals surface area contributed by atoms with E-state index in [0.29, 0.717) is 34.0 Å². The third kappa shape index (κ3) is 6.17. The van der Waals surface area contributed by atoms with Crippen molar-refractivity contribution in [3.8, 4) is 11.3 Å². The normalized spacial score (nSPS) is 11.5. The molecule has 1 unspecified atom stereocenters. The Bertz CT molecular complexity index is 1380. The molecule has 1 heterocycles. The minimum Gasteiger partial charge on any atom is -0.387 e. The molecule has 0 saturated heterocycles. The summed E-state index contributed by atoms with van der Waals surface area (Å²) in [5.41, 5.74) is 3.33. The second-order valence-corrected chi connectivity index (χ2v) is 8.84. The minimum absolute atomic E-state index is 0.0403. The van der Waals surface area contributed by atoms with Crippen molar-refractivity contribution in [2.24, 2.45) is 0 Å². The van der Waals surface area contributed by atoms with E-state index in [1.165, 1.54) is 11.1 Å². The molecule has 0 bridgehead atoms. The van der Waals surface area contributed by atoms with E-state index in [2.05, 4.69) is 15.3 Å². The van der Waals surface area contributed by atoms with E-state index in [1.807, 2.05) is 50.5 Å². The monoisotopic (exact) mass is 495 g/mol. The number of aliphatic hydroxyl groups is 1. The Kier molecular flexibility index (Phi) is 7.90. The van der Waals surface area contributed by atoms with Gasteiger partial charge in [0, 0.05) is 44.2 Å². The van der Waals surface area contributed by atoms with Crippen molar-refractivity contribution in [3.63, 3.8) is 0 Å². The Hall–Kier alpha value is -4.56.